The van der Waals surface area contributed by atoms with Crippen molar-refractivity contribution in [1.82, 2.24) is 4.98 Å². The number of pyridine rings is 1. The van der Waals surface area contributed by atoms with Crippen molar-refractivity contribution in [2.24, 2.45) is 0 Å². The van der Waals surface area contributed by atoms with Crippen LogP contribution >= 0.6 is 0 Å². The van der Waals surface area contributed by atoms with E-state index < -0.39 is 0 Å². The molecule has 126 valence electrons. The summed E-state index contributed by atoms with van der Waals surface area (Å²) in [5, 5.41) is 6.01. The number of carbonyl (C=O) groups is 1. The molecule has 1 aromatic carbocycles. The highest BCUT2D eigenvalue weighted by atomic mass is 16.1. The minimum absolute atomic E-state index is 0.172. The van der Waals surface area contributed by atoms with Crippen LogP contribution in [0.2, 0.25) is 0 Å². The van der Waals surface area contributed by atoms with Gasteiger partial charge in [0.05, 0.1) is 11.9 Å². The third-order valence-electron chi connectivity index (χ3n) is 3.50. The van der Waals surface area contributed by atoms with Gasteiger partial charge in [0, 0.05) is 12.1 Å². The van der Waals surface area contributed by atoms with Gasteiger partial charge in [0.2, 0.25) is 5.91 Å². The first kappa shape index (κ1) is 17.7. The molecule has 0 aliphatic rings. The Morgan fingerprint density at radius 3 is 2.29 bits per heavy atom. The van der Waals surface area contributed by atoms with Crippen LogP contribution in [-0.4, -0.2) is 16.9 Å². The zero-order valence-electron chi connectivity index (χ0n) is 14.7. The molecular weight excluding hydrogens is 298 g/mol. The van der Waals surface area contributed by atoms with E-state index in [0.29, 0.717) is 17.6 Å². The maximum absolute atomic E-state index is 12.0. The van der Waals surface area contributed by atoms with Gasteiger partial charge in [-0.3, -0.25) is 4.79 Å². The minimum Gasteiger partial charge on any atom is -0.368 e. The molecule has 2 rings (SSSR count). The first-order valence-corrected chi connectivity index (χ1v) is 8.25. The molecule has 0 fully saturated rings. The van der Waals surface area contributed by atoms with Crippen LogP contribution in [0.4, 0.5) is 11.5 Å². The van der Waals surface area contributed by atoms with Crippen molar-refractivity contribution in [3.63, 3.8) is 0 Å². The second-order valence-electron chi connectivity index (χ2n) is 6.38. The lowest BCUT2D eigenvalue weighted by Gasteiger charge is -2.09. The molecule has 0 saturated heterocycles. The summed E-state index contributed by atoms with van der Waals surface area (Å²) in [6.07, 6.45) is 4.99. The van der Waals surface area contributed by atoms with E-state index in [4.69, 9.17) is 0 Å². The van der Waals surface area contributed by atoms with Gasteiger partial charge in [0.25, 0.3) is 0 Å². The van der Waals surface area contributed by atoms with Crippen LogP contribution in [-0.2, 0) is 4.79 Å². The van der Waals surface area contributed by atoms with E-state index >= 15 is 0 Å². The van der Waals surface area contributed by atoms with Gasteiger partial charge in [0.1, 0.15) is 5.82 Å². The third kappa shape index (κ3) is 5.54. The maximum Gasteiger partial charge on any atom is 0.248 e. The number of nitrogens with zero attached hydrogens (tertiary/aromatic N) is 1. The summed E-state index contributed by atoms with van der Waals surface area (Å²) < 4.78 is 0. The summed E-state index contributed by atoms with van der Waals surface area (Å²) in [6, 6.07) is 12.2. The number of benzene rings is 1. The molecule has 2 N–H and O–H groups in total. The highest BCUT2D eigenvalue weighted by Crippen LogP contribution is 2.15. The number of nitrogens with one attached hydrogen (secondary N) is 2. The quantitative estimate of drug-likeness (QED) is 0.759. The molecule has 0 bridgehead atoms. The summed E-state index contributed by atoms with van der Waals surface area (Å²) in [6.45, 7) is 8.42. The zero-order valence-corrected chi connectivity index (χ0v) is 14.7. The van der Waals surface area contributed by atoms with Gasteiger partial charge in [-0.25, -0.2) is 4.98 Å². The Morgan fingerprint density at radius 1 is 1.04 bits per heavy atom. The van der Waals surface area contributed by atoms with Gasteiger partial charge >= 0.3 is 0 Å². The van der Waals surface area contributed by atoms with Crippen LogP contribution in [0.5, 0.6) is 0 Å². The number of amides is 1. The van der Waals surface area contributed by atoms with E-state index in [1.54, 1.807) is 6.20 Å². The van der Waals surface area contributed by atoms with Crippen LogP contribution in [0.25, 0.3) is 6.08 Å². The molecule has 24 heavy (non-hydrogen) atoms. The molecule has 0 atom stereocenters. The van der Waals surface area contributed by atoms with E-state index in [2.05, 4.69) is 55.4 Å². The Labute approximate surface area is 144 Å². The molecule has 0 aliphatic carbocycles. The summed E-state index contributed by atoms with van der Waals surface area (Å²) in [4.78, 5) is 16.2. The molecule has 0 spiro atoms. The molecule has 0 aliphatic heterocycles. The van der Waals surface area contributed by atoms with Crippen LogP contribution < -0.4 is 10.6 Å². The summed E-state index contributed by atoms with van der Waals surface area (Å²) in [7, 11) is 0. The molecule has 0 unspecified atom stereocenters. The normalized spacial score (nSPS) is 11.2. The van der Waals surface area contributed by atoms with E-state index in [0.717, 1.165) is 11.4 Å². The van der Waals surface area contributed by atoms with E-state index in [9.17, 15) is 4.79 Å². The Bertz CT molecular complexity index is 686. The molecule has 1 aromatic heterocycles. The van der Waals surface area contributed by atoms with Crippen LogP contribution in [0, 0.1) is 0 Å². The number of aromatic nitrogens is 1. The van der Waals surface area contributed by atoms with Gasteiger partial charge < -0.3 is 10.6 Å². The summed E-state index contributed by atoms with van der Waals surface area (Å²) in [5.41, 5.74) is 2.97. The van der Waals surface area contributed by atoms with Crippen molar-refractivity contribution in [2.45, 2.75) is 39.7 Å². The van der Waals surface area contributed by atoms with Crippen LogP contribution in [0.1, 0.15) is 44.7 Å². The first-order valence-electron chi connectivity index (χ1n) is 8.25. The number of anilines is 2. The van der Waals surface area contributed by atoms with Crippen molar-refractivity contribution in [1.29, 1.82) is 0 Å². The van der Waals surface area contributed by atoms with Crippen molar-refractivity contribution in [3.8, 4) is 0 Å². The lowest BCUT2D eigenvalue weighted by Crippen LogP contribution is -2.12. The van der Waals surface area contributed by atoms with Gasteiger partial charge in [-0.2, -0.15) is 0 Å². The lowest BCUT2D eigenvalue weighted by atomic mass is 10.0. The monoisotopic (exact) mass is 323 g/mol. The molecule has 0 saturated carbocycles. The molecular formula is C20H25N3O. The first-order chi connectivity index (χ1) is 11.4. The number of hydrogen-bond acceptors (Lipinski definition) is 3. The van der Waals surface area contributed by atoms with Crippen molar-refractivity contribution >= 4 is 23.5 Å². The second-order valence-corrected chi connectivity index (χ2v) is 6.38. The Kier molecular flexibility index (Phi) is 6.13. The summed E-state index contributed by atoms with van der Waals surface area (Å²) >= 11 is 0. The van der Waals surface area contributed by atoms with E-state index in [1.807, 2.05) is 30.3 Å². The minimum atomic E-state index is -0.172. The average molecular weight is 323 g/mol. The predicted molar refractivity (Wildman–Crippen MR) is 101 cm³/mol. The highest BCUT2D eigenvalue weighted by Gasteiger charge is 2.01. The van der Waals surface area contributed by atoms with Crippen molar-refractivity contribution < 1.29 is 4.79 Å². The second kappa shape index (κ2) is 8.29. The standard InChI is InChI=1S/C20H25N3O/c1-14(2)17-8-5-16(6-9-17)7-12-20(24)23-18-10-11-19(21-13-18)22-15(3)4/h5-15H,1-4H3,(H,21,22)(H,23,24)/b12-7+. The molecule has 2 aromatic rings. The van der Waals surface area contributed by atoms with Gasteiger partial charge in [0.15, 0.2) is 0 Å². The fraction of sp³-hybridized carbons (Fsp3) is 0.300. The SMILES string of the molecule is CC(C)Nc1ccc(NC(=O)/C=C/c2ccc(C(C)C)cc2)cn1. The molecule has 0 radical (unpaired) electrons. The maximum atomic E-state index is 12.0. The average Bonchev–Trinajstić information content (AvgIpc) is 2.54. The fourth-order valence-corrected chi connectivity index (χ4v) is 2.20. The van der Waals surface area contributed by atoms with Crippen LogP contribution in [0.15, 0.2) is 48.7 Å². The van der Waals surface area contributed by atoms with Gasteiger partial charge in [-0.15, -0.1) is 0 Å². The van der Waals surface area contributed by atoms with Crippen LogP contribution in [0.3, 0.4) is 0 Å². The Hall–Kier alpha value is -2.62. The topological polar surface area (TPSA) is 54.0 Å². The Morgan fingerprint density at radius 2 is 1.75 bits per heavy atom. The van der Waals surface area contributed by atoms with Gasteiger partial charge in [-0.1, -0.05) is 38.1 Å². The lowest BCUT2D eigenvalue weighted by molar-refractivity contribution is -0.111. The van der Waals surface area contributed by atoms with Crippen molar-refractivity contribution in [3.05, 3.63) is 59.8 Å². The smallest absolute Gasteiger partial charge is 0.248 e. The fourth-order valence-electron chi connectivity index (χ4n) is 2.20. The molecule has 1 heterocycles. The van der Waals surface area contributed by atoms with Gasteiger partial charge in [-0.05, 0) is 49.1 Å². The molecule has 1 amide bonds. The predicted octanol–water partition coefficient (Wildman–Crippen LogP) is 4.68. The summed E-state index contributed by atoms with van der Waals surface area (Å²) in [5.74, 6) is 1.13. The number of hydrogen-bond donors (Lipinski definition) is 2. The number of rotatable bonds is 6. The Balaban J connectivity index is 1.92. The zero-order chi connectivity index (χ0) is 17.5. The largest absolute Gasteiger partial charge is 0.368 e. The van der Waals surface area contributed by atoms with E-state index in [1.165, 1.54) is 11.6 Å². The van der Waals surface area contributed by atoms with E-state index in [-0.39, 0.29) is 5.91 Å². The number of carbonyl (C=O) groups excluding carboxylic acids is 1. The van der Waals surface area contributed by atoms with Crippen molar-refractivity contribution in [2.75, 3.05) is 10.6 Å². The highest BCUT2D eigenvalue weighted by molar-refractivity contribution is 6.01. The third-order valence-corrected chi connectivity index (χ3v) is 3.50. The molecule has 4 heteroatoms. The molecule has 4 nitrogen and oxygen atoms in total.